The van der Waals surface area contributed by atoms with E-state index >= 15 is 0 Å². The van der Waals surface area contributed by atoms with Crippen LogP contribution in [0.2, 0.25) is 0 Å². The summed E-state index contributed by atoms with van der Waals surface area (Å²) in [5, 5.41) is 12.7. The number of nitrogens with zero attached hydrogens (tertiary/aromatic N) is 3. The molecule has 0 radical (unpaired) electrons. The summed E-state index contributed by atoms with van der Waals surface area (Å²) >= 11 is 0. The molecule has 2 aliphatic rings. The molecule has 6 nitrogen and oxygen atoms in total. The smallest absolute Gasteiger partial charge is 0.317 e. The summed E-state index contributed by atoms with van der Waals surface area (Å²) in [5.41, 5.74) is 2.42. The van der Waals surface area contributed by atoms with Gasteiger partial charge in [-0.15, -0.1) is 0 Å². The van der Waals surface area contributed by atoms with E-state index in [1.165, 1.54) is 5.56 Å². The van der Waals surface area contributed by atoms with Crippen LogP contribution >= 0.6 is 0 Å². The van der Waals surface area contributed by atoms with Gasteiger partial charge in [-0.1, -0.05) is 31.2 Å². The molecule has 0 spiro atoms. The number of aliphatic hydroxyl groups excluding tert-OH is 1. The van der Waals surface area contributed by atoms with Gasteiger partial charge in [0.15, 0.2) is 0 Å². The molecule has 1 aromatic rings. The Labute approximate surface area is 169 Å². The second kappa shape index (κ2) is 10.2. The molecule has 28 heavy (non-hydrogen) atoms. The average molecular weight is 389 g/mol. The van der Waals surface area contributed by atoms with E-state index in [2.05, 4.69) is 53.4 Å². The number of rotatable bonds is 7. The van der Waals surface area contributed by atoms with E-state index < -0.39 is 0 Å². The highest BCUT2D eigenvalue weighted by Gasteiger charge is 2.26. The lowest BCUT2D eigenvalue weighted by Gasteiger charge is -2.29. The molecule has 156 valence electrons. The third kappa shape index (κ3) is 6.19. The Bertz CT molecular complexity index is 613. The van der Waals surface area contributed by atoms with Crippen LogP contribution in [0.25, 0.3) is 0 Å². The molecule has 0 aromatic heterocycles. The Morgan fingerprint density at radius 1 is 1.14 bits per heavy atom. The Kier molecular flexibility index (Phi) is 7.71. The van der Waals surface area contributed by atoms with E-state index in [1.807, 2.05) is 4.90 Å². The third-order valence-electron chi connectivity index (χ3n) is 6.11. The van der Waals surface area contributed by atoms with Crippen molar-refractivity contribution in [2.24, 2.45) is 5.92 Å². The van der Waals surface area contributed by atoms with Crippen molar-refractivity contribution in [2.75, 3.05) is 46.3 Å². The fourth-order valence-electron chi connectivity index (χ4n) is 4.12. The standard InChI is InChI=1S/C22H36N4O2/c1-3-24(2)15-20-8-13-26(17-20)22(28)23-14-18-4-6-19(7-5-18)16-25-11-9-21(27)10-12-25/h4-7,20-21,27H,3,8-17H2,1-2H3,(H,23,28). The molecule has 2 aliphatic heterocycles. The van der Waals surface area contributed by atoms with Gasteiger partial charge in [0.2, 0.25) is 0 Å². The van der Waals surface area contributed by atoms with Gasteiger partial charge in [0.1, 0.15) is 0 Å². The van der Waals surface area contributed by atoms with Crippen LogP contribution < -0.4 is 5.32 Å². The lowest BCUT2D eigenvalue weighted by Crippen LogP contribution is -2.38. The summed E-state index contributed by atoms with van der Waals surface area (Å²) in [5.74, 6) is 0.589. The molecule has 2 amide bonds. The number of piperidine rings is 1. The summed E-state index contributed by atoms with van der Waals surface area (Å²) in [6.07, 6.45) is 2.72. The Morgan fingerprint density at radius 2 is 1.82 bits per heavy atom. The zero-order valence-electron chi connectivity index (χ0n) is 17.4. The van der Waals surface area contributed by atoms with E-state index in [-0.39, 0.29) is 12.1 Å². The predicted molar refractivity (Wildman–Crippen MR) is 112 cm³/mol. The number of aliphatic hydroxyl groups is 1. The second-order valence-corrected chi connectivity index (χ2v) is 8.44. The predicted octanol–water partition coefficient (Wildman–Crippen LogP) is 2.13. The lowest BCUT2D eigenvalue weighted by molar-refractivity contribution is 0.0792. The number of urea groups is 1. The van der Waals surface area contributed by atoms with Crippen molar-refractivity contribution in [1.82, 2.24) is 20.0 Å². The van der Waals surface area contributed by atoms with Crippen molar-refractivity contribution in [1.29, 1.82) is 0 Å². The van der Waals surface area contributed by atoms with Gasteiger partial charge < -0.3 is 20.2 Å². The van der Waals surface area contributed by atoms with Crippen molar-refractivity contribution in [3.05, 3.63) is 35.4 Å². The van der Waals surface area contributed by atoms with Crippen molar-refractivity contribution < 1.29 is 9.90 Å². The molecular formula is C22H36N4O2. The van der Waals surface area contributed by atoms with Crippen LogP contribution in [0.15, 0.2) is 24.3 Å². The van der Waals surface area contributed by atoms with Crippen molar-refractivity contribution in [3.8, 4) is 0 Å². The first-order valence-electron chi connectivity index (χ1n) is 10.7. The lowest BCUT2D eigenvalue weighted by atomic mass is 10.1. The van der Waals surface area contributed by atoms with Crippen LogP contribution in [-0.4, -0.2) is 78.3 Å². The number of amides is 2. The van der Waals surface area contributed by atoms with Gasteiger partial charge in [-0.05, 0) is 49.9 Å². The van der Waals surface area contributed by atoms with Gasteiger partial charge in [0.25, 0.3) is 0 Å². The first kappa shape index (κ1) is 21.1. The normalized spacial score (nSPS) is 21.4. The number of nitrogens with one attached hydrogen (secondary N) is 1. The Hall–Kier alpha value is -1.63. The quantitative estimate of drug-likeness (QED) is 0.751. The number of hydrogen-bond donors (Lipinski definition) is 2. The molecule has 2 saturated heterocycles. The summed E-state index contributed by atoms with van der Waals surface area (Å²) in [6, 6.07) is 8.57. The summed E-state index contributed by atoms with van der Waals surface area (Å²) in [6.45, 7) is 9.44. The van der Waals surface area contributed by atoms with Gasteiger partial charge in [-0.25, -0.2) is 4.79 Å². The van der Waals surface area contributed by atoms with Crippen LogP contribution in [0.1, 0.15) is 37.3 Å². The van der Waals surface area contributed by atoms with Crippen molar-refractivity contribution >= 4 is 6.03 Å². The summed E-state index contributed by atoms with van der Waals surface area (Å²) < 4.78 is 0. The summed E-state index contributed by atoms with van der Waals surface area (Å²) in [7, 11) is 2.14. The van der Waals surface area contributed by atoms with E-state index in [9.17, 15) is 9.90 Å². The fraction of sp³-hybridized carbons (Fsp3) is 0.682. The van der Waals surface area contributed by atoms with Gasteiger partial charge in [0, 0.05) is 45.8 Å². The second-order valence-electron chi connectivity index (χ2n) is 8.44. The molecule has 2 fully saturated rings. The van der Waals surface area contributed by atoms with Crippen LogP contribution in [0, 0.1) is 5.92 Å². The first-order valence-corrected chi connectivity index (χ1v) is 10.7. The molecule has 1 atom stereocenters. The van der Waals surface area contributed by atoms with Crippen LogP contribution in [-0.2, 0) is 13.1 Å². The fourth-order valence-corrected chi connectivity index (χ4v) is 4.12. The van der Waals surface area contributed by atoms with Gasteiger partial charge in [-0.2, -0.15) is 0 Å². The Morgan fingerprint density at radius 3 is 2.50 bits per heavy atom. The molecule has 3 rings (SSSR count). The minimum absolute atomic E-state index is 0.0533. The number of hydrogen-bond acceptors (Lipinski definition) is 4. The topological polar surface area (TPSA) is 59.0 Å². The average Bonchev–Trinajstić information content (AvgIpc) is 3.17. The van der Waals surface area contributed by atoms with Gasteiger partial charge in [0.05, 0.1) is 6.10 Å². The van der Waals surface area contributed by atoms with Gasteiger partial charge in [-0.3, -0.25) is 4.90 Å². The van der Waals surface area contributed by atoms with E-state index in [0.29, 0.717) is 12.5 Å². The molecular weight excluding hydrogens is 352 g/mol. The van der Waals surface area contributed by atoms with Gasteiger partial charge >= 0.3 is 6.03 Å². The monoisotopic (exact) mass is 388 g/mol. The zero-order chi connectivity index (χ0) is 19.9. The molecule has 2 heterocycles. The first-order chi connectivity index (χ1) is 13.5. The number of likely N-dealkylation sites (tertiary alicyclic amines) is 2. The number of benzene rings is 1. The summed E-state index contributed by atoms with van der Waals surface area (Å²) in [4.78, 5) is 19.1. The van der Waals surface area contributed by atoms with Crippen molar-refractivity contribution in [2.45, 2.75) is 45.4 Å². The molecule has 2 N–H and O–H groups in total. The molecule has 1 unspecified atom stereocenters. The van der Waals surface area contributed by atoms with E-state index in [1.54, 1.807) is 0 Å². The number of carbonyl (C=O) groups excluding carboxylic acids is 1. The SMILES string of the molecule is CCN(C)CC1CCN(C(=O)NCc2ccc(CN3CCC(O)CC3)cc2)C1. The molecule has 0 bridgehead atoms. The zero-order valence-corrected chi connectivity index (χ0v) is 17.4. The van der Waals surface area contributed by atoms with Crippen molar-refractivity contribution in [3.63, 3.8) is 0 Å². The van der Waals surface area contributed by atoms with E-state index in [4.69, 9.17) is 0 Å². The highest BCUT2D eigenvalue weighted by molar-refractivity contribution is 5.74. The molecule has 6 heteroatoms. The van der Waals surface area contributed by atoms with Crippen LogP contribution in [0.5, 0.6) is 0 Å². The minimum Gasteiger partial charge on any atom is -0.393 e. The number of carbonyl (C=O) groups is 1. The largest absolute Gasteiger partial charge is 0.393 e. The molecule has 0 saturated carbocycles. The third-order valence-corrected chi connectivity index (χ3v) is 6.11. The highest BCUT2D eigenvalue weighted by Crippen LogP contribution is 2.17. The van der Waals surface area contributed by atoms with E-state index in [0.717, 1.165) is 70.6 Å². The maximum Gasteiger partial charge on any atom is 0.317 e. The highest BCUT2D eigenvalue weighted by atomic mass is 16.3. The molecule has 0 aliphatic carbocycles. The Balaban J connectivity index is 1.39. The molecule has 1 aromatic carbocycles. The maximum absolute atomic E-state index is 12.4. The minimum atomic E-state index is -0.124. The van der Waals surface area contributed by atoms with Crippen LogP contribution in [0.4, 0.5) is 4.79 Å². The van der Waals surface area contributed by atoms with Crippen LogP contribution in [0.3, 0.4) is 0 Å². The maximum atomic E-state index is 12.4.